The van der Waals surface area contributed by atoms with Crippen LogP contribution in [0.5, 0.6) is 0 Å². The Hall–Kier alpha value is -2.70. The van der Waals surface area contributed by atoms with Crippen LogP contribution in [-0.4, -0.2) is 46.1 Å². The van der Waals surface area contributed by atoms with Crippen LogP contribution in [-0.2, 0) is 20.8 Å². The first-order valence-corrected chi connectivity index (χ1v) is 8.46. The molecule has 0 aromatic heterocycles. The van der Waals surface area contributed by atoms with E-state index in [2.05, 4.69) is 5.32 Å². The molecule has 0 spiro atoms. The first kappa shape index (κ1) is 17.1. The zero-order valence-electron chi connectivity index (χ0n) is 14.3. The molecule has 1 aromatic rings. The largest absolute Gasteiger partial charge is 0.348 e. The van der Waals surface area contributed by atoms with E-state index in [9.17, 15) is 19.2 Å². The molecule has 132 valence electrons. The first-order chi connectivity index (χ1) is 11.9. The van der Waals surface area contributed by atoms with E-state index in [1.165, 1.54) is 5.56 Å². The average molecular weight is 343 g/mol. The monoisotopic (exact) mass is 343 g/mol. The van der Waals surface area contributed by atoms with Crippen molar-refractivity contribution in [2.24, 2.45) is 0 Å². The van der Waals surface area contributed by atoms with Crippen LogP contribution in [0.2, 0.25) is 0 Å². The van der Waals surface area contributed by atoms with Gasteiger partial charge in [0.2, 0.25) is 5.91 Å². The second-order valence-corrected chi connectivity index (χ2v) is 6.65. The highest BCUT2D eigenvalue weighted by Crippen LogP contribution is 2.29. The molecule has 0 unspecified atom stereocenters. The molecule has 0 bridgehead atoms. The summed E-state index contributed by atoms with van der Waals surface area (Å²) in [7, 11) is 0. The van der Waals surface area contributed by atoms with Crippen LogP contribution in [0.25, 0.3) is 0 Å². The second-order valence-electron chi connectivity index (χ2n) is 6.65. The van der Waals surface area contributed by atoms with Gasteiger partial charge in [-0.2, -0.15) is 0 Å². The molecule has 1 atom stereocenters. The van der Waals surface area contributed by atoms with Crippen molar-refractivity contribution in [2.45, 2.75) is 45.2 Å². The summed E-state index contributed by atoms with van der Waals surface area (Å²) in [6, 6.07) is 6.62. The Bertz CT molecular complexity index is 744. The zero-order valence-corrected chi connectivity index (χ0v) is 14.3. The van der Waals surface area contributed by atoms with E-state index < -0.39 is 36.3 Å². The Kier molecular flexibility index (Phi) is 4.57. The van der Waals surface area contributed by atoms with Crippen LogP contribution in [0.1, 0.15) is 43.9 Å². The number of hydrogen-bond acceptors (Lipinski definition) is 4. The number of urea groups is 1. The van der Waals surface area contributed by atoms with Crippen molar-refractivity contribution in [1.29, 1.82) is 0 Å². The lowest BCUT2D eigenvalue weighted by molar-refractivity contribution is -0.144. The van der Waals surface area contributed by atoms with Crippen molar-refractivity contribution in [3.8, 4) is 0 Å². The van der Waals surface area contributed by atoms with Crippen LogP contribution >= 0.6 is 0 Å². The normalized spacial score (nSPS) is 20.3. The molecule has 3 rings (SSSR count). The molecule has 0 radical (unpaired) electrons. The highest BCUT2D eigenvalue weighted by Gasteiger charge is 2.46. The number of fused-ring (bicyclic) bond motifs is 1. The number of nitrogens with one attached hydrogen (secondary N) is 1. The molecule has 1 heterocycles. The second kappa shape index (κ2) is 6.66. The van der Waals surface area contributed by atoms with Crippen molar-refractivity contribution in [3.63, 3.8) is 0 Å². The maximum Gasteiger partial charge on any atom is 0.334 e. The van der Waals surface area contributed by atoms with Gasteiger partial charge in [0.1, 0.15) is 6.54 Å². The molecular weight excluding hydrogens is 322 g/mol. The van der Waals surface area contributed by atoms with Crippen molar-refractivity contribution < 1.29 is 19.2 Å². The van der Waals surface area contributed by atoms with Gasteiger partial charge in [0.25, 0.3) is 0 Å². The fraction of sp³-hybridized carbons (Fsp3) is 0.444. The van der Waals surface area contributed by atoms with Gasteiger partial charge in [-0.25, -0.2) is 9.69 Å². The number of hydrogen-bond donors (Lipinski definition) is 1. The number of benzene rings is 1. The number of imide groups is 2. The molecule has 7 nitrogen and oxygen atoms in total. The molecule has 1 aromatic carbocycles. The molecule has 1 fully saturated rings. The minimum absolute atomic E-state index is 0.137. The summed E-state index contributed by atoms with van der Waals surface area (Å²) in [5, 5.41) is 2.89. The Balaban J connectivity index is 1.69. The average Bonchev–Trinajstić information content (AvgIpc) is 2.79. The lowest BCUT2D eigenvalue weighted by Crippen LogP contribution is -2.43. The highest BCUT2D eigenvalue weighted by atomic mass is 16.2. The van der Waals surface area contributed by atoms with Crippen LogP contribution in [0.3, 0.4) is 0 Å². The van der Waals surface area contributed by atoms with Gasteiger partial charge in [0.05, 0.1) is 6.04 Å². The molecule has 1 aliphatic carbocycles. The SMILES string of the molecule is CC(C)N1C(=O)C(=O)N(CC(=O)N[C@H]2CCCc3ccccc32)C1=O. The number of carbonyl (C=O) groups is 4. The molecule has 1 aliphatic heterocycles. The summed E-state index contributed by atoms with van der Waals surface area (Å²) in [4.78, 5) is 50.1. The summed E-state index contributed by atoms with van der Waals surface area (Å²) in [5.74, 6) is -2.27. The molecule has 0 saturated carbocycles. The van der Waals surface area contributed by atoms with Gasteiger partial charge in [-0.15, -0.1) is 0 Å². The van der Waals surface area contributed by atoms with E-state index >= 15 is 0 Å². The molecule has 7 heteroatoms. The van der Waals surface area contributed by atoms with Crippen molar-refractivity contribution in [1.82, 2.24) is 15.1 Å². The van der Waals surface area contributed by atoms with Gasteiger partial charge in [-0.1, -0.05) is 24.3 Å². The summed E-state index contributed by atoms with van der Waals surface area (Å²) >= 11 is 0. The van der Waals surface area contributed by atoms with Crippen molar-refractivity contribution in [3.05, 3.63) is 35.4 Å². The van der Waals surface area contributed by atoms with Crippen molar-refractivity contribution in [2.75, 3.05) is 6.54 Å². The third-order valence-corrected chi connectivity index (χ3v) is 4.61. The number of aryl methyl sites for hydroxylation is 1. The Morgan fingerprint density at radius 2 is 1.92 bits per heavy atom. The summed E-state index contributed by atoms with van der Waals surface area (Å²) in [6.07, 6.45) is 2.74. The Labute approximate surface area is 146 Å². The molecule has 5 amide bonds. The lowest BCUT2D eigenvalue weighted by atomic mass is 9.88. The van der Waals surface area contributed by atoms with E-state index in [0.29, 0.717) is 4.90 Å². The highest BCUT2D eigenvalue weighted by molar-refractivity contribution is 6.45. The van der Waals surface area contributed by atoms with Gasteiger partial charge in [-0.3, -0.25) is 19.3 Å². The predicted octanol–water partition coefficient (Wildman–Crippen LogP) is 1.38. The number of rotatable bonds is 4. The van der Waals surface area contributed by atoms with E-state index in [1.54, 1.807) is 13.8 Å². The van der Waals surface area contributed by atoms with Crippen LogP contribution in [0.15, 0.2) is 24.3 Å². The topological polar surface area (TPSA) is 86.8 Å². The van der Waals surface area contributed by atoms with Gasteiger partial charge < -0.3 is 5.32 Å². The molecule has 1 N–H and O–H groups in total. The molecule has 25 heavy (non-hydrogen) atoms. The summed E-state index contributed by atoms with van der Waals surface area (Å²) < 4.78 is 0. The minimum Gasteiger partial charge on any atom is -0.348 e. The van der Waals surface area contributed by atoms with Crippen LogP contribution < -0.4 is 5.32 Å². The third kappa shape index (κ3) is 3.14. The zero-order chi connectivity index (χ0) is 18.1. The smallest absolute Gasteiger partial charge is 0.334 e. The molecular formula is C18H21N3O4. The third-order valence-electron chi connectivity index (χ3n) is 4.61. The number of nitrogens with zero attached hydrogens (tertiary/aromatic N) is 2. The van der Waals surface area contributed by atoms with Crippen LogP contribution in [0.4, 0.5) is 4.79 Å². The Morgan fingerprint density at radius 1 is 1.20 bits per heavy atom. The quantitative estimate of drug-likeness (QED) is 0.661. The van der Waals surface area contributed by atoms with Crippen molar-refractivity contribution >= 4 is 23.8 Å². The fourth-order valence-corrected chi connectivity index (χ4v) is 3.40. The molecule has 2 aliphatic rings. The van der Waals surface area contributed by atoms with Crippen LogP contribution in [0, 0.1) is 0 Å². The maximum absolute atomic E-state index is 12.4. The predicted molar refractivity (Wildman–Crippen MR) is 89.4 cm³/mol. The fourth-order valence-electron chi connectivity index (χ4n) is 3.40. The van der Waals surface area contributed by atoms with Gasteiger partial charge in [0.15, 0.2) is 0 Å². The maximum atomic E-state index is 12.4. The van der Waals surface area contributed by atoms with E-state index in [1.807, 2.05) is 24.3 Å². The van der Waals surface area contributed by atoms with E-state index in [-0.39, 0.29) is 6.04 Å². The lowest BCUT2D eigenvalue weighted by Gasteiger charge is -2.27. The number of carbonyl (C=O) groups excluding carboxylic acids is 4. The Morgan fingerprint density at radius 3 is 2.60 bits per heavy atom. The van der Waals surface area contributed by atoms with E-state index in [4.69, 9.17) is 0 Å². The number of amides is 5. The summed E-state index contributed by atoms with van der Waals surface area (Å²) in [6.45, 7) is 2.85. The van der Waals surface area contributed by atoms with Gasteiger partial charge in [-0.05, 0) is 44.2 Å². The van der Waals surface area contributed by atoms with Gasteiger partial charge >= 0.3 is 17.8 Å². The standard InChI is InChI=1S/C18H21N3O4/c1-11(2)21-17(24)16(23)20(18(21)25)10-15(22)19-14-9-5-7-12-6-3-4-8-13(12)14/h3-4,6,8,11,14H,5,7,9-10H2,1-2H3,(H,19,22)/t14-/m0/s1. The summed E-state index contributed by atoms with van der Waals surface area (Å²) in [5.41, 5.74) is 2.27. The van der Waals surface area contributed by atoms with Gasteiger partial charge in [0, 0.05) is 6.04 Å². The molecule has 1 saturated heterocycles. The van der Waals surface area contributed by atoms with E-state index in [0.717, 1.165) is 29.7 Å². The first-order valence-electron chi connectivity index (χ1n) is 8.46. The minimum atomic E-state index is -0.946.